The van der Waals surface area contributed by atoms with Crippen LogP contribution >= 0.6 is 0 Å². The molecule has 4 nitrogen and oxygen atoms in total. The van der Waals surface area contributed by atoms with Crippen molar-refractivity contribution in [2.45, 2.75) is 13.3 Å². The van der Waals surface area contributed by atoms with Crippen LogP contribution in [0.4, 0.5) is 11.8 Å². The van der Waals surface area contributed by atoms with Crippen LogP contribution < -0.4 is 11.1 Å². The molecule has 0 saturated heterocycles. The zero-order chi connectivity index (χ0) is 8.10. The Morgan fingerprint density at radius 3 is 3.09 bits per heavy atom. The summed E-state index contributed by atoms with van der Waals surface area (Å²) in [5.74, 6) is 1.10. The third-order valence-corrected chi connectivity index (χ3v) is 1.23. The Balaban J connectivity index is 2.56. The molecule has 0 aliphatic rings. The van der Waals surface area contributed by atoms with E-state index in [0.29, 0.717) is 5.95 Å². The first kappa shape index (κ1) is 7.78. The van der Waals surface area contributed by atoms with Gasteiger partial charge in [0.2, 0.25) is 5.95 Å². The molecule has 0 radical (unpaired) electrons. The summed E-state index contributed by atoms with van der Waals surface area (Å²) in [5.41, 5.74) is 5.37. The molecule has 11 heavy (non-hydrogen) atoms. The van der Waals surface area contributed by atoms with E-state index in [9.17, 15) is 0 Å². The van der Waals surface area contributed by atoms with Gasteiger partial charge in [-0.1, -0.05) is 6.92 Å². The molecule has 0 saturated carbocycles. The van der Waals surface area contributed by atoms with E-state index in [2.05, 4.69) is 22.2 Å². The smallest absolute Gasteiger partial charge is 0.221 e. The van der Waals surface area contributed by atoms with Gasteiger partial charge < -0.3 is 11.1 Å². The average molecular weight is 152 g/mol. The number of hydrogen-bond acceptors (Lipinski definition) is 4. The molecule has 1 aromatic heterocycles. The summed E-state index contributed by atoms with van der Waals surface area (Å²) < 4.78 is 0. The largest absolute Gasteiger partial charge is 0.370 e. The first-order valence-electron chi connectivity index (χ1n) is 3.65. The third-order valence-electron chi connectivity index (χ3n) is 1.23. The Kier molecular flexibility index (Phi) is 2.66. The van der Waals surface area contributed by atoms with Crippen LogP contribution in [0.2, 0.25) is 0 Å². The summed E-state index contributed by atoms with van der Waals surface area (Å²) in [4.78, 5) is 7.74. The van der Waals surface area contributed by atoms with Crippen LogP contribution in [0.25, 0.3) is 0 Å². The van der Waals surface area contributed by atoms with Crippen LogP contribution in [-0.4, -0.2) is 16.5 Å². The van der Waals surface area contributed by atoms with Gasteiger partial charge in [0.05, 0.1) is 0 Å². The molecule has 1 heterocycles. The molecule has 0 bridgehead atoms. The van der Waals surface area contributed by atoms with Crippen LogP contribution in [0.3, 0.4) is 0 Å². The average Bonchev–Trinajstić information content (AvgIpc) is 2.01. The number of nitrogens with one attached hydrogen (secondary N) is 1. The lowest BCUT2D eigenvalue weighted by atomic mass is 10.4. The topological polar surface area (TPSA) is 63.8 Å². The predicted molar refractivity (Wildman–Crippen MR) is 45.2 cm³/mol. The van der Waals surface area contributed by atoms with E-state index in [1.165, 1.54) is 0 Å². The Hall–Kier alpha value is -1.32. The number of nitrogens with two attached hydrogens (primary N) is 1. The first-order chi connectivity index (χ1) is 5.33. The van der Waals surface area contributed by atoms with Gasteiger partial charge in [-0.05, 0) is 12.5 Å². The normalized spacial score (nSPS) is 9.55. The highest BCUT2D eigenvalue weighted by Gasteiger charge is 1.91. The number of aromatic nitrogens is 2. The maximum absolute atomic E-state index is 5.37. The van der Waals surface area contributed by atoms with Gasteiger partial charge in [-0.2, -0.15) is 4.98 Å². The maximum Gasteiger partial charge on any atom is 0.221 e. The van der Waals surface area contributed by atoms with Gasteiger partial charge in [0, 0.05) is 12.7 Å². The minimum absolute atomic E-state index is 0.311. The molecule has 0 aliphatic heterocycles. The lowest BCUT2D eigenvalue weighted by Gasteiger charge is -2.02. The number of hydrogen-bond donors (Lipinski definition) is 2. The second kappa shape index (κ2) is 3.75. The Labute approximate surface area is 65.9 Å². The summed E-state index contributed by atoms with van der Waals surface area (Å²) in [6, 6.07) is 1.80. The molecule has 1 aromatic rings. The highest BCUT2D eigenvalue weighted by atomic mass is 15.1. The van der Waals surface area contributed by atoms with Gasteiger partial charge in [0.25, 0.3) is 0 Å². The maximum atomic E-state index is 5.37. The Bertz CT molecular complexity index is 223. The Morgan fingerprint density at radius 1 is 1.64 bits per heavy atom. The fraction of sp³-hybridized carbons (Fsp3) is 0.429. The Morgan fingerprint density at radius 2 is 2.45 bits per heavy atom. The van der Waals surface area contributed by atoms with E-state index in [0.717, 1.165) is 18.8 Å². The molecule has 0 atom stereocenters. The van der Waals surface area contributed by atoms with E-state index in [1.54, 1.807) is 12.3 Å². The van der Waals surface area contributed by atoms with E-state index in [-0.39, 0.29) is 0 Å². The monoisotopic (exact) mass is 152 g/mol. The molecule has 1 rings (SSSR count). The molecule has 0 unspecified atom stereocenters. The number of nitrogens with zero attached hydrogens (tertiary/aromatic N) is 2. The number of anilines is 2. The molecule has 60 valence electrons. The highest BCUT2D eigenvalue weighted by Crippen LogP contribution is 2.01. The molecule has 0 aliphatic carbocycles. The van der Waals surface area contributed by atoms with Gasteiger partial charge >= 0.3 is 0 Å². The van der Waals surface area contributed by atoms with E-state index in [1.807, 2.05) is 0 Å². The van der Waals surface area contributed by atoms with Crippen molar-refractivity contribution in [2.75, 3.05) is 17.6 Å². The molecule has 0 aromatic carbocycles. The zero-order valence-corrected chi connectivity index (χ0v) is 6.54. The molecular weight excluding hydrogens is 140 g/mol. The van der Waals surface area contributed by atoms with Crippen LogP contribution in [-0.2, 0) is 0 Å². The van der Waals surface area contributed by atoms with Crippen LogP contribution in [0.1, 0.15) is 13.3 Å². The zero-order valence-electron chi connectivity index (χ0n) is 6.54. The van der Waals surface area contributed by atoms with Crippen molar-refractivity contribution in [3.05, 3.63) is 12.3 Å². The minimum atomic E-state index is 0.311. The van der Waals surface area contributed by atoms with Crippen molar-refractivity contribution in [1.82, 2.24) is 9.97 Å². The van der Waals surface area contributed by atoms with Crippen molar-refractivity contribution in [2.24, 2.45) is 0 Å². The van der Waals surface area contributed by atoms with Gasteiger partial charge in [-0.3, -0.25) is 0 Å². The molecule has 0 spiro atoms. The van der Waals surface area contributed by atoms with Crippen molar-refractivity contribution in [3.63, 3.8) is 0 Å². The summed E-state index contributed by atoms with van der Waals surface area (Å²) >= 11 is 0. The molecule has 0 amide bonds. The van der Waals surface area contributed by atoms with E-state index in [4.69, 9.17) is 5.73 Å². The van der Waals surface area contributed by atoms with Crippen LogP contribution in [0.15, 0.2) is 12.3 Å². The predicted octanol–water partition coefficient (Wildman–Crippen LogP) is 0.881. The lowest BCUT2D eigenvalue weighted by Crippen LogP contribution is -2.03. The summed E-state index contributed by atoms with van der Waals surface area (Å²) in [7, 11) is 0. The third kappa shape index (κ3) is 2.41. The van der Waals surface area contributed by atoms with Crippen molar-refractivity contribution >= 4 is 11.8 Å². The van der Waals surface area contributed by atoms with Gasteiger partial charge in [-0.15, -0.1) is 0 Å². The quantitative estimate of drug-likeness (QED) is 0.674. The van der Waals surface area contributed by atoms with Crippen LogP contribution in [0.5, 0.6) is 0 Å². The minimum Gasteiger partial charge on any atom is -0.370 e. The fourth-order valence-electron chi connectivity index (χ4n) is 0.725. The van der Waals surface area contributed by atoms with Crippen LogP contribution in [0, 0.1) is 0 Å². The highest BCUT2D eigenvalue weighted by molar-refractivity contribution is 5.36. The molecule has 3 N–H and O–H groups in total. The standard InChI is InChI=1S/C7H12N4/c1-2-4-9-6-3-5-10-7(8)11-6/h3,5H,2,4H2,1H3,(H3,8,9,10,11). The number of nitrogen functional groups attached to an aromatic ring is 1. The van der Waals surface area contributed by atoms with Gasteiger partial charge in [0.15, 0.2) is 0 Å². The van der Waals surface area contributed by atoms with Crippen molar-refractivity contribution in [1.29, 1.82) is 0 Å². The second-order valence-electron chi connectivity index (χ2n) is 2.23. The van der Waals surface area contributed by atoms with Gasteiger partial charge in [-0.25, -0.2) is 4.98 Å². The molecular formula is C7H12N4. The summed E-state index contributed by atoms with van der Waals surface area (Å²) in [6.07, 6.45) is 2.71. The lowest BCUT2D eigenvalue weighted by molar-refractivity contribution is 0.966. The van der Waals surface area contributed by atoms with E-state index < -0.39 is 0 Å². The SMILES string of the molecule is CCCNc1ccnc(N)n1. The molecule has 4 heteroatoms. The second-order valence-corrected chi connectivity index (χ2v) is 2.23. The first-order valence-corrected chi connectivity index (χ1v) is 3.65. The van der Waals surface area contributed by atoms with E-state index >= 15 is 0 Å². The fourth-order valence-corrected chi connectivity index (χ4v) is 0.725. The van der Waals surface area contributed by atoms with Crippen molar-refractivity contribution < 1.29 is 0 Å². The summed E-state index contributed by atoms with van der Waals surface area (Å²) in [6.45, 7) is 3.01. The molecule has 0 fully saturated rings. The van der Waals surface area contributed by atoms with Crippen molar-refractivity contribution in [3.8, 4) is 0 Å². The van der Waals surface area contributed by atoms with Gasteiger partial charge in [0.1, 0.15) is 5.82 Å². The summed E-state index contributed by atoms with van der Waals surface area (Å²) in [5, 5.41) is 3.10. The number of rotatable bonds is 3.